The molecular formula is C18H19N3O5. The van der Waals surface area contributed by atoms with Crippen LogP contribution in [0.5, 0.6) is 0 Å². The number of aliphatic carboxylic acids is 1. The predicted octanol–water partition coefficient (Wildman–Crippen LogP) is 0.855. The molecule has 8 nitrogen and oxygen atoms in total. The lowest BCUT2D eigenvalue weighted by atomic mass is 10.2. The second kappa shape index (κ2) is 7.09. The normalized spacial score (nSPS) is 20.0. The summed E-state index contributed by atoms with van der Waals surface area (Å²) < 4.78 is 6.83. The van der Waals surface area contributed by atoms with Gasteiger partial charge in [0.15, 0.2) is 11.8 Å². The van der Waals surface area contributed by atoms with E-state index in [0.29, 0.717) is 5.69 Å². The van der Waals surface area contributed by atoms with E-state index in [1.165, 1.54) is 15.6 Å². The Balaban J connectivity index is 1.97. The lowest BCUT2D eigenvalue weighted by Crippen LogP contribution is -2.52. The molecular weight excluding hydrogens is 338 g/mol. The molecule has 1 N–H and O–H groups in total. The zero-order valence-electron chi connectivity index (χ0n) is 14.5. The first-order chi connectivity index (χ1) is 12.4. The molecule has 1 unspecified atom stereocenters. The van der Waals surface area contributed by atoms with Gasteiger partial charge in [0.25, 0.3) is 5.91 Å². The molecule has 0 aliphatic carbocycles. The average Bonchev–Trinajstić information content (AvgIpc) is 2.61. The highest BCUT2D eigenvalue weighted by atomic mass is 16.5. The summed E-state index contributed by atoms with van der Waals surface area (Å²) in [6.45, 7) is 3.48. The third-order valence-corrected chi connectivity index (χ3v) is 4.13. The van der Waals surface area contributed by atoms with Crippen LogP contribution in [0.15, 0.2) is 41.2 Å². The topological polar surface area (TPSA) is 102 Å². The van der Waals surface area contributed by atoms with Crippen LogP contribution in [0.4, 0.5) is 0 Å². The summed E-state index contributed by atoms with van der Waals surface area (Å²) in [6, 6.07) is 10.5. The maximum absolute atomic E-state index is 12.8. The van der Waals surface area contributed by atoms with E-state index in [4.69, 9.17) is 9.84 Å². The maximum atomic E-state index is 12.8. The molecule has 2 aromatic rings. The number of aromatic nitrogens is 2. The van der Waals surface area contributed by atoms with Crippen LogP contribution in [0.25, 0.3) is 5.69 Å². The Kier molecular flexibility index (Phi) is 4.85. The number of hydrogen-bond acceptors (Lipinski definition) is 5. The van der Waals surface area contributed by atoms with Gasteiger partial charge in [-0.2, -0.15) is 5.10 Å². The fraction of sp³-hybridized carbons (Fsp3) is 0.333. The second-order valence-electron chi connectivity index (χ2n) is 6.23. The first kappa shape index (κ1) is 17.8. The highest BCUT2D eigenvalue weighted by Gasteiger charge is 2.34. The monoisotopic (exact) mass is 357 g/mol. The molecule has 1 amide bonds. The molecule has 0 radical (unpaired) electrons. The van der Waals surface area contributed by atoms with Crippen molar-refractivity contribution in [2.45, 2.75) is 26.1 Å². The minimum absolute atomic E-state index is 0.126. The molecule has 0 saturated carbocycles. The lowest BCUT2D eigenvalue weighted by Gasteiger charge is -2.34. The van der Waals surface area contributed by atoms with Crippen LogP contribution >= 0.6 is 0 Å². The summed E-state index contributed by atoms with van der Waals surface area (Å²) in [4.78, 5) is 37.7. The lowest BCUT2D eigenvalue weighted by molar-refractivity contribution is -0.160. The van der Waals surface area contributed by atoms with Gasteiger partial charge < -0.3 is 14.7 Å². The molecule has 1 aromatic heterocycles. The van der Waals surface area contributed by atoms with Gasteiger partial charge in [0.2, 0.25) is 5.43 Å². The molecule has 2 heterocycles. The van der Waals surface area contributed by atoms with E-state index >= 15 is 0 Å². The Morgan fingerprint density at radius 3 is 2.58 bits per heavy atom. The van der Waals surface area contributed by atoms with Gasteiger partial charge in [-0.15, -0.1) is 0 Å². The zero-order chi connectivity index (χ0) is 18.8. The molecule has 0 bridgehead atoms. The van der Waals surface area contributed by atoms with Crippen LogP contribution in [-0.2, 0) is 9.53 Å². The molecule has 0 spiro atoms. The largest absolute Gasteiger partial charge is 0.479 e. The average molecular weight is 357 g/mol. The van der Waals surface area contributed by atoms with E-state index in [9.17, 15) is 14.4 Å². The predicted molar refractivity (Wildman–Crippen MR) is 92.4 cm³/mol. The van der Waals surface area contributed by atoms with E-state index in [2.05, 4.69) is 5.10 Å². The van der Waals surface area contributed by atoms with Crippen LogP contribution in [0.2, 0.25) is 0 Å². The Morgan fingerprint density at radius 2 is 1.92 bits per heavy atom. The zero-order valence-corrected chi connectivity index (χ0v) is 14.5. The number of carboxylic acids is 1. The second-order valence-corrected chi connectivity index (χ2v) is 6.23. The van der Waals surface area contributed by atoms with Gasteiger partial charge in [-0.1, -0.05) is 18.2 Å². The third-order valence-electron chi connectivity index (χ3n) is 4.13. The molecule has 3 rings (SSSR count). The van der Waals surface area contributed by atoms with Gasteiger partial charge in [0.1, 0.15) is 0 Å². The molecule has 26 heavy (non-hydrogen) atoms. The summed E-state index contributed by atoms with van der Waals surface area (Å²) >= 11 is 0. The molecule has 1 aromatic carbocycles. The fourth-order valence-electron chi connectivity index (χ4n) is 2.93. The molecule has 1 saturated heterocycles. The first-order valence-electron chi connectivity index (χ1n) is 8.20. The van der Waals surface area contributed by atoms with Crippen molar-refractivity contribution in [1.29, 1.82) is 0 Å². The first-order valence-corrected chi connectivity index (χ1v) is 8.20. The number of carbonyl (C=O) groups excluding carboxylic acids is 1. The van der Waals surface area contributed by atoms with Crippen LogP contribution in [0.3, 0.4) is 0 Å². The molecule has 2 atom stereocenters. The quantitative estimate of drug-likeness (QED) is 0.874. The van der Waals surface area contributed by atoms with Gasteiger partial charge in [-0.25, -0.2) is 9.48 Å². The van der Waals surface area contributed by atoms with Gasteiger partial charge >= 0.3 is 5.97 Å². The summed E-state index contributed by atoms with van der Waals surface area (Å²) in [7, 11) is 0. The highest BCUT2D eigenvalue weighted by Crippen LogP contribution is 2.14. The molecule has 1 aliphatic heterocycles. The van der Waals surface area contributed by atoms with Gasteiger partial charge in [0.05, 0.1) is 18.3 Å². The van der Waals surface area contributed by atoms with Crippen LogP contribution < -0.4 is 5.43 Å². The highest BCUT2D eigenvalue weighted by molar-refractivity contribution is 5.92. The van der Waals surface area contributed by atoms with E-state index in [-0.39, 0.29) is 18.8 Å². The number of hydrogen-bond donors (Lipinski definition) is 1. The van der Waals surface area contributed by atoms with Crippen molar-refractivity contribution < 1.29 is 19.4 Å². The van der Waals surface area contributed by atoms with Crippen LogP contribution in [-0.4, -0.2) is 57.0 Å². The van der Waals surface area contributed by atoms with E-state index in [1.54, 1.807) is 13.8 Å². The standard InChI is InChI=1S/C18H19N3O5/c1-11-8-14(22)16(19-21(11)13-6-4-3-5-7-13)17(23)20-9-12(2)26-15(10-20)18(24)25/h3-8,12,15H,9-10H2,1-2H3,(H,24,25)/t12-,15?/m1/s1. The van der Waals surface area contributed by atoms with Crippen molar-refractivity contribution in [3.63, 3.8) is 0 Å². The Labute approximate surface area is 149 Å². The third kappa shape index (κ3) is 3.50. The Hall–Kier alpha value is -3.00. The van der Waals surface area contributed by atoms with Crippen molar-refractivity contribution >= 4 is 11.9 Å². The number of amides is 1. The number of ether oxygens (including phenoxy) is 1. The van der Waals surface area contributed by atoms with E-state index in [0.717, 1.165) is 5.69 Å². The summed E-state index contributed by atoms with van der Waals surface area (Å²) in [5.41, 5.74) is 0.581. The van der Waals surface area contributed by atoms with Crippen molar-refractivity contribution in [3.05, 3.63) is 58.0 Å². The Bertz CT molecular complexity index is 893. The summed E-state index contributed by atoms with van der Waals surface area (Å²) in [5.74, 6) is -1.74. The minimum Gasteiger partial charge on any atom is -0.479 e. The van der Waals surface area contributed by atoms with Crippen molar-refractivity contribution in [1.82, 2.24) is 14.7 Å². The number of para-hydroxylation sites is 1. The van der Waals surface area contributed by atoms with Crippen molar-refractivity contribution in [2.24, 2.45) is 0 Å². The van der Waals surface area contributed by atoms with Crippen molar-refractivity contribution in [2.75, 3.05) is 13.1 Å². The SMILES string of the molecule is Cc1cc(=O)c(C(=O)N2CC(C(=O)O)O[C@H](C)C2)nn1-c1ccccc1. The van der Waals surface area contributed by atoms with Gasteiger partial charge in [-0.05, 0) is 26.0 Å². The number of morpholine rings is 1. The molecule has 136 valence electrons. The number of carboxylic acid groups (broad SMARTS) is 1. The van der Waals surface area contributed by atoms with Crippen LogP contribution in [0, 0.1) is 6.92 Å². The Morgan fingerprint density at radius 1 is 1.23 bits per heavy atom. The number of carbonyl (C=O) groups is 2. The maximum Gasteiger partial charge on any atom is 0.334 e. The number of nitrogens with zero attached hydrogens (tertiary/aromatic N) is 3. The molecule has 1 aliphatic rings. The van der Waals surface area contributed by atoms with Crippen molar-refractivity contribution in [3.8, 4) is 5.69 Å². The number of rotatable bonds is 3. The molecule has 1 fully saturated rings. The van der Waals surface area contributed by atoms with E-state index in [1.807, 2.05) is 30.3 Å². The molecule has 8 heteroatoms. The van der Waals surface area contributed by atoms with Gasteiger partial charge in [-0.3, -0.25) is 9.59 Å². The minimum atomic E-state index is -1.15. The number of benzene rings is 1. The number of aryl methyl sites for hydroxylation is 1. The smallest absolute Gasteiger partial charge is 0.334 e. The van der Waals surface area contributed by atoms with Crippen LogP contribution in [0.1, 0.15) is 23.1 Å². The van der Waals surface area contributed by atoms with E-state index < -0.39 is 29.5 Å². The summed E-state index contributed by atoms with van der Waals surface area (Å²) in [5, 5.41) is 13.4. The van der Waals surface area contributed by atoms with Gasteiger partial charge in [0, 0.05) is 18.3 Å². The fourth-order valence-corrected chi connectivity index (χ4v) is 2.93. The summed E-state index contributed by atoms with van der Waals surface area (Å²) in [6.07, 6.45) is -1.57.